The molecule has 1 aliphatic heterocycles. The molecule has 0 atom stereocenters. The Morgan fingerprint density at radius 2 is 1.28 bits per heavy atom. The van der Waals surface area contributed by atoms with Crippen LogP contribution < -0.4 is 19.2 Å². The largest absolute Gasteiger partial charge is 0.493 e. The molecule has 0 saturated carbocycles. The summed E-state index contributed by atoms with van der Waals surface area (Å²) in [5, 5.41) is 0. The van der Waals surface area contributed by atoms with Gasteiger partial charge in [0.25, 0.3) is 0 Å². The maximum absolute atomic E-state index is 13.2. The van der Waals surface area contributed by atoms with Crippen molar-refractivity contribution in [3.8, 4) is 23.0 Å². The summed E-state index contributed by atoms with van der Waals surface area (Å²) < 4.78 is 18.7. The van der Waals surface area contributed by atoms with Gasteiger partial charge in [-0.2, -0.15) is 4.99 Å². The van der Waals surface area contributed by atoms with Crippen molar-refractivity contribution in [3.63, 3.8) is 0 Å². The maximum Gasteiger partial charge on any atom is 0.418 e. The van der Waals surface area contributed by atoms with E-state index in [4.69, 9.17) is 14.2 Å². The highest BCUT2D eigenvalue weighted by Gasteiger charge is 2.29. The Morgan fingerprint density at radius 3 is 1.86 bits per heavy atom. The molecule has 1 amide bonds. The van der Waals surface area contributed by atoms with Crippen LogP contribution in [0, 0.1) is 0 Å². The number of rotatable bonds is 13. The van der Waals surface area contributed by atoms with Crippen molar-refractivity contribution < 1.29 is 24.0 Å². The molecule has 5 rings (SSSR count). The first-order valence-electron chi connectivity index (χ1n) is 15.7. The standard InChI is InChI=1S/C38H41NO4/c1-3-5-7-14-24-41-29-20-22-32-35(26-29)43-36-27-30(42-25-15-8-6-4-2)21-23-33(36)37(32)31-18-12-13-19-34(31)39-38(40)28-16-10-9-11-17-28/h9-13,16-23,26-27H,3-8,14-15,24-25H2,1-2H3/p+1. The Balaban J connectivity index is 1.52. The van der Waals surface area contributed by atoms with Gasteiger partial charge in [-0.15, -0.1) is 0 Å². The molecule has 1 aliphatic carbocycles. The molecule has 3 aromatic rings. The zero-order valence-electron chi connectivity index (χ0n) is 25.4. The highest BCUT2D eigenvalue weighted by atomic mass is 16.5. The molecule has 222 valence electrons. The molecule has 43 heavy (non-hydrogen) atoms. The van der Waals surface area contributed by atoms with E-state index >= 15 is 0 Å². The van der Waals surface area contributed by atoms with Gasteiger partial charge in [-0.05, 0) is 55.3 Å². The third-order valence-electron chi connectivity index (χ3n) is 7.68. The van der Waals surface area contributed by atoms with Crippen molar-refractivity contribution in [2.75, 3.05) is 13.2 Å². The molecule has 0 spiro atoms. The van der Waals surface area contributed by atoms with Crippen LogP contribution in [-0.4, -0.2) is 24.8 Å². The zero-order valence-corrected chi connectivity index (χ0v) is 25.4. The summed E-state index contributed by atoms with van der Waals surface area (Å²) in [6.07, 6.45) is 17.1. The van der Waals surface area contributed by atoms with Gasteiger partial charge in [0.05, 0.1) is 24.4 Å². The number of carbonyl (C=O) groups is 1. The Hall–Kier alpha value is -4.38. The summed E-state index contributed by atoms with van der Waals surface area (Å²) >= 11 is 0. The van der Waals surface area contributed by atoms with Gasteiger partial charge in [-0.3, -0.25) is 0 Å². The second-order valence-corrected chi connectivity index (χ2v) is 11.0. The molecule has 3 aromatic carbocycles. The lowest BCUT2D eigenvalue weighted by molar-refractivity contribution is -0.343. The molecule has 5 heteroatoms. The monoisotopic (exact) mass is 576 g/mol. The quantitative estimate of drug-likeness (QED) is 0.164. The predicted molar refractivity (Wildman–Crippen MR) is 173 cm³/mol. The molecule has 0 fully saturated rings. The van der Waals surface area contributed by atoms with E-state index in [1.54, 1.807) is 0 Å². The summed E-state index contributed by atoms with van der Waals surface area (Å²) in [4.78, 5) is 16.3. The average Bonchev–Trinajstić information content (AvgIpc) is 3.04. The average molecular weight is 577 g/mol. The molecule has 0 saturated heterocycles. The Morgan fingerprint density at radius 1 is 0.698 bits per heavy atom. The molecule has 0 bridgehead atoms. The van der Waals surface area contributed by atoms with E-state index in [1.807, 2.05) is 78.9 Å². The van der Waals surface area contributed by atoms with Gasteiger partial charge in [-0.1, -0.05) is 82.7 Å². The van der Waals surface area contributed by atoms with Crippen LogP contribution in [0.15, 0.2) is 96.6 Å². The van der Waals surface area contributed by atoms with Crippen molar-refractivity contribution in [1.29, 1.82) is 0 Å². The number of amides is 1. The number of allylic oxidation sites excluding steroid dienone is 5. The number of benzene rings is 3. The molecule has 1 heterocycles. The second-order valence-electron chi connectivity index (χ2n) is 11.0. The van der Waals surface area contributed by atoms with E-state index in [0.29, 0.717) is 18.8 Å². The number of unbranched alkanes of at least 4 members (excludes halogenated alkanes) is 6. The van der Waals surface area contributed by atoms with Crippen LogP contribution in [-0.2, 0) is 0 Å². The Kier molecular flexibility index (Phi) is 10.6. The van der Waals surface area contributed by atoms with E-state index in [-0.39, 0.29) is 5.91 Å². The van der Waals surface area contributed by atoms with Gasteiger partial charge in [0.1, 0.15) is 23.0 Å². The highest BCUT2D eigenvalue weighted by molar-refractivity contribution is 6.17. The number of hydrogen-bond acceptors (Lipinski definition) is 4. The number of fused-ring (bicyclic) bond motifs is 2. The number of ether oxygens (including phenoxy) is 3. The van der Waals surface area contributed by atoms with Crippen molar-refractivity contribution in [1.82, 2.24) is 0 Å². The number of hydrogen-bond donors (Lipinski definition) is 1. The first kappa shape index (κ1) is 30.1. The first-order chi connectivity index (χ1) is 21.2. The zero-order chi connectivity index (χ0) is 29.9. The lowest BCUT2D eigenvalue weighted by Gasteiger charge is -2.25. The Bertz CT molecular complexity index is 1470. The van der Waals surface area contributed by atoms with Crippen LogP contribution >= 0.6 is 0 Å². The van der Waals surface area contributed by atoms with Gasteiger partial charge in [0, 0.05) is 34.9 Å². The van der Waals surface area contributed by atoms with Crippen molar-refractivity contribution >= 4 is 17.2 Å². The fourth-order valence-electron chi connectivity index (χ4n) is 5.35. The van der Waals surface area contributed by atoms with Crippen molar-refractivity contribution in [2.24, 2.45) is 0 Å². The molecule has 0 aromatic heterocycles. The van der Waals surface area contributed by atoms with E-state index in [2.05, 4.69) is 31.0 Å². The molecule has 0 radical (unpaired) electrons. The van der Waals surface area contributed by atoms with E-state index in [0.717, 1.165) is 76.7 Å². The molecular weight excluding hydrogens is 534 g/mol. The normalized spacial score (nSPS) is 14.3. The van der Waals surface area contributed by atoms with E-state index < -0.39 is 0 Å². The van der Waals surface area contributed by atoms with Gasteiger partial charge < -0.3 is 14.2 Å². The molecule has 0 unspecified atom stereocenters. The molecule has 1 N–H and O–H groups in total. The van der Waals surface area contributed by atoms with Crippen molar-refractivity contribution in [2.45, 2.75) is 65.2 Å². The summed E-state index contributed by atoms with van der Waals surface area (Å²) in [6, 6.07) is 21.4. The number of nitrogens with one attached hydrogen (secondary N) is 1. The minimum atomic E-state index is -0.153. The van der Waals surface area contributed by atoms with Gasteiger partial charge >= 0.3 is 5.91 Å². The summed E-state index contributed by atoms with van der Waals surface area (Å²) in [5.74, 6) is 2.86. The van der Waals surface area contributed by atoms with Gasteiger partial charge in [-0.25, -0.2) is 4.79 Å². The third kappa shape index (κ3) is 7.72. The molecule has 5 nitrogen and oxygen atoms in total. The van der Waals surface area contributed by atoms with Crippen LogP contribution in [0.25, 0.3) is 5.57 Å². The fourth-order valence-corrected chi connectivity index (χ4v) is 5.35. The topological polar surface area (TPSA) is 58.7 Å². The summed E-state index contributed by atoms with van der Waals surface area (Å²) in [7, 11) is 0. The second kappa shape index (κ2) is 15.2. The highest BCUT2D eigenvalue weighted by Crippen LogP contribution is 2.47. The SMILES string of the molecule is CCCCCCOc1ccc2c(c1)Oc1cc(OCCCCCC)ccc1C2=C1C=CC=CC1=[NH+]C(=O)c1ccccc1. The molecule has 2 aliphatic rings. The summed E-state index contributed by atoms with van der Waals surface area (Å²) in [6.45, 7) is 5.77. The first-order valence-corrected chi connectivity index (χ1v) is 15.7. The third-order valence-corrected chi connectivity index (χ3v) is 7.68. The van der Waals surface area contributed by atoms with Crippen LogP contribution in [0.3, 0.4) is 0 Å². The van der Waals surface area contributed by atoms with Gasteiger partial charge in [0.2, 0.25) is 5.71 Å². The predicted octanol–water partition coefficient (Wildman–Crippen LogP) is 8.00. The fraction of sp³-hybridized carbons (Fsp3) is 0.316. The lowest BCUT2D eigenvalue weighted by Crippen LogP contribution is -2.77. The minimum Gasteiger partial charge on any atom is -0.493 e. The van der Waals surface area contributed by atoms with E-state index in [9.17, 15) is 4.79 Å². The van der Waals surface area contributed by atoms with Gasteiger partial charge in [0.15, 0.2) is 0 Å². The minimum absolute atomic E-state index is 0.153. The number of carbonyl (C=O) groups excluding carboxylic acids is 1. The van der Waals surface area contributed by atoms with Crippen LogP contribution in [0.4, 0.5) is 0 Å². The van der Waals surface area contributed by atoms with Crippen LogP contribution in [0.5, 0.6) is 23.0 Å². The van der Waals surface area contributed by atoms with E-state index in [1.165, 1.54) is 25.7 Å². The summed E-state index contributed by atoms with van der Waals surface area (Å²) in [5.41, 5.74) is 5.14. The Labute approximate surface area is 255 Å². The van der Waals surface area contributed by atoms with Crippen LogP contribution in [0.2, 0.25) is 0 Å². The maximum atomic E-state index is 13.2. The molecular formula is C38H42NO4+. The van der Waals surface area contributed by atoms with Crippen molar-refractivity contribution in [3.05, 3.63) is 113 Å². The van der Waals surface area contributed by atoms with Crippen LogP contribution in [0.1, 0.15) is 86.7 Å². The lowest BCUT2D eigenvalue weighted by atomic mass is 9.86. The smallest absolute Gasteiger partial charge is 0.418 e.